The van der Waals surface area contributed by atoms with Crippen LogP contribution in [0.4, 0.5) is 0 Å². The number of unbranched alkanes of at least 4 members (excludes halogenated alkanes) is 43. The lowest BCUT2D eigenvalue weighted by Crippen LogP contribution is -2.30. The molecule has 0 saturated heterocycles. The minimum absolute atomic E-state index is 0.108. The first-order chi connectivity index (χ1) is 42.2. The molecule has 0 bridgehead atoms. The van der Waals surface area contributed by atoms with Gasteiger partial charge in [0.1, 0.15) is 19.3 Å². The largest absolute Gasteiger partial charge is 0.472 e. The zero-order valence-corrected chi connectivity index (χ0v) is 57.8. The van der Waals surface area contributed by atoms with E-state index in [9.17, 15) is 43.2 Å². The van der Waals surface area contributed by atoms with Crippen LogP contribution in [0.5, 0.6) is 0 Å². The number of carbonyl (C=O) groups excluding carboxylic acids is 4. The first kappa shape index (κ1) is 85.1. The van der Waals surface area contributed by atoms with Gasteiger partial charge in [-0.15, -0.1) is 0 Å². The quantitative estimate of drug-likeness (QED) is 0.0222. The molecule has 0 heterocycles. The molecule has 87 heavy (non-hydrogen) atoms. The van der Waals surface area contributed by atoms with Crippen LogP contribution in [-0.4, -0.2) is 96.7 Å². The Hall–Kier alpha value is -1.94. The number of phosphoric acid groups is 2. The third kappa shape index (κ3) is 62.6. The number of esters is 4. The summed E-state index contributed by atoms with van der Waals surface area (Å²) in [6.45, 7) is 4.89. The van der Waals surface area contributed by atoms with Gasteiger partial charge in [0, 0.05) is 25.7 Å². The van der Waals surface area contributed by atoms with Crippen LogP contribution >= 0.6 is 15.6 Å². The Morgan fingerprint density at radius 2 is 0.460 bits per heavy atom. The Labute approximate surface area is 530 Å². The zero-order chi connectivity index (χ0) is 64.0. The fourth-order valence-corrected chi connectivity index (χ4v) is 11.9. The minimum atomic E-state index is -4.95. The summed E-state index contributed by atoms with van der Waals surface area (Å²) in [5.74, 6) is -2.13. The maximum absolute atomic E-state index is 13.0. The number of hydrogen-bond acceptors (Lipinski definition) is 15. The summed E-state index contributed by atoms with van der Waals surface area (Å²) in [5.41, 5.74) is 0. The van der Waals surface area contributed by atoms with E-state index < -0.39 is 97.5 Å². The summed E-state index contributed by atoms with van der Waals surface area (Å²) in [6, 6.07) is 0. The molecule has 0 saturated carbocycles. The Kier molecular flexibility index (Phi) is 61.4. The van der Waals surface area contributed by atoms with Crippen LogP contribution in [-0.2, 0) is 65.4 Å². The van der Waals surface area contributed by atoms with E-state index in [0.717, 1.165) is 103 Å². The monoisotopic (exact) mass is 1280 g/mol. The van der Waals surface area contributed by atoms with E-state index in [1.165, 1.54) is 173 Å². The minimum Gasteiger partial charge on any atom is -0.462 e. The lowest BCUT2D eigenvalue weighted by Gasteiger charge is -2.21. The molecule has 0 aromatic carbocycles. The van der Waals surface area contributed by atoms with E-state index in [-0.39, 0.29) is 25.7 Å². The second-order valence-corrected chi connectivity index (χ2v) is 27.5. The molecule has 19 heteroatoms. The number of aliphatic hydroxyl groups excluding tert-OH is 1. The van der Waals surface area contributed by atoms with E-state index in [1.54, 1.807) is 0 Å². The van der Waals surface area contributed by atoms with Gasteiger partial charge in [0.2, 0.25) is 0 Å². The Balaban J connectivity index is 5.18. The average molecular weight is 1280 g/mol. The lowest BCUT2D eigenvalue weighted by atomic mass is 10.0. The van der Waals surface area contributed by atoms with Crippen LogP contribution in [0.3, 0.4) is 0 Å². The fourth-order valence-electron chi connectivity index (χ4n) is 10.3. The molecule has 3 N–H and O–H groups in total. The van der Waals surface area contributed by atoms with Crippen molar-refractivity contribution in [3.8, 4) is 0 Å². The van der Waals surface area contributed by atoms with Crippen molar-refractivity contribution in [3.63, 3.8) is 0 Å². The Morgan fingerprint density at radius 1 is 0.276 bits per heavy atom. The molecule has 0 aliphatic carbocycles. The van der Waals surface area contributed by atoms with Gasteiger partial charge in [0.25, 0.3) is 0 Å². The third-order valence-corrected chi connectivity index (χ3v) is 17.8. The zero-order valence-electron chi connectivity index (χ0n) is 56.0. The van der Waals surface area contributed by atoms with Crippen molar-refractivity contribution in [2.24, 2.45) is 0 Å². The number of ether oxygens (including phenoxy) is 4. The highest BCUT2D eigenvalue weighted by molar-refractivity contribution is 7.47. The first-order valence-electron chi connectivity index (χ1n) is 35.8. The molecule has 0 aliphatic rings. The molecule has 0 aliphatic heterocycles. The van der Waals surface area contributed by atoms with Gasteiger partial charge in [-0.25, -0.2) is 9.13 Å². The van der Waals surface area contributed by atoms with Crippen LogP contribution in [0.2, 0.25) is 0 Å². The highest BCUT2D eigenvalue weighted by Crippen LogP contribution is 2.45. The molecule has 516 valence electrons. The summed E-state index contributed by atoms with van der Waals surface area (Å²) in [7, 11) is -9.89. The van der Waals surface area contributed by atoms with Crippen LogP contribution in [0.1, 0.15) is 355 Å². The number of rotatable bonds is 69. The highest BCUT2D eigenvalue weighted by atomic mass is 31.2. The number of hydrogen-bond donors (Lipinski definition) is 3. The molecule has 0 rings (SSSR count). The van der Waals surface area contributed by atoms with Gasteiger partial charge in [-0.3, -0.25) is 37.3 Å². The second-order valence-electron chi connectivity index (χ2n) is 24.6. The summed E-state index contributed by atoms with van der Waals surface area (Å²) in [5, 5.41) is 10.6. The molecule has 2 unspecified atom stereocenters. The van der Waals surface area contributed by atoms with Crippen molar-refractivity contribution in [1.29, 1.82) is 0 Å². The molecule has 0 spiro atoms. The summed E-state index contributed by atoms with van der Waals surface area (Å²) < 4.78 is 68.1. The summed E-state index contributed by atoms with van der Waals surface area (Å²) in [4.78, 5) is 72.3. The van der Waals surface area contributed by atoms with E-state index >= 15 is 0 Å². The predicted molar refractivity (Wildman–Crippen MR) is 349 cm³/mol. The van der Waals surface area contributed by atoms with Crippen molar-refractivity contribution in [3.05, 3.63) is 0 Å². The molecular formula is C68H132O17P2. The molecule has 0 amide bonds. The predicted octanol–water partition coefficient (Wildman–Crippen LogP) is 19.5. The van der Waals surface area contributed by atoms with Gasteiger partial charge < -0.3 is 33.8 Å². The molecule has 0 aromatic heterocycles. The van der Waals surface area contributed by atoms with Crippen molar-refractivity contribution in [2.45, 2.75) is 373 Å². The molecular weight excluding hydrogens is 1150 g/mol. The highest BCUT2D eigenvalue weighted by Gasteiger charge is 2.30. The smallest absolute Gasteiger partial charge is 0.462 e. The van der Waals surface area contributed by atoms with Crippen molar-refractivity contribution in [2.75, 3.05) is 39.6 Å². The van der Waals surface area contributed by atoms with Gasteiger partial charge in [0.15, 0.2) is 12.2 Å². The number of phosphoric ester groups is 2. The molecule has 17 nitrogen and oxygen atoms in total. The summed E-state index contributed by atoms with van der Waals surface area (Å²) in [6.07, 6.45) is 49.9. The SMILES string of the molecule is CCCCCCCCCCCCCCCCCC(=O)O[C@H](COC(=O)CCCCCCCCC)COP(=O)(O)OC[C@H](O)COP(=O)(O)OC[C@@H](COC(=O)CCCCCCCCCCCC)OC(=O)CCCCCCCCCCCCCCCCC. The number of aliphatic hydroxyl groups is 1. The number of carbonyl (C=O) groups is 4. The summed E-state index contributed by atoms with van der Waals surface area (Å²) >= 11 is 0. The van der Waals surface area contributed by atoms with Gasteiger partial charge in [-0.05, 0) is 25.7 Å². The topological polar surface area (TPSA) is 237 Å². The Morgan fingerprint density at radius 3 is 0.678 bits per heavy atom. The third-order valence-electron chi connectivity index (χ3n) is 15.9. The molecule has 0 radical (unpaired) electrons. The van der Waals surface area contributed by atoms with Gasteiger partial charge >= 0.3 is 39.5 Å². The average Bonchev–Trinajstić information content (AvgIpc) is 3.50. The van der Waals surface area contributed by atoms with Crippen LogP contribution in [0.25, 0.3) is 0 Å². The van der Waals surface area contributed by atoms with Gasteiger partial charge in [0.05, 0.1) is 26.4 Å². The van der Waals surface area contributed by atoms with E-state index in [4.69, 9.17) is 37.0 Å². The van der Waals surface area contributed by atoms with Gasteiger partial charge in [-0.2, -0.15) is 0 Å². The van der Waals surface area contributed by atoms with Crippen molar-refractivity contribution < 1.29 is 80.2 Å². The maximum atomic E-state index is 13.0. The van der Waals surface area contributed by atoms with Crippen molar-refractivity contribution in [1.82, 2.24) is 0 Å². The second kappa shape index (κ2) is 62.8. The van der Waals surface area contributed by atoms with E-state index in [1.807, 2.05) is 0 Å². The lowest BCUT2D eigenvalue weighted by molar-refractivity contribution is -0.161. The van der Waals surface area contributed by atoms with E-state index in [2.05, 4.69) is 27.7 Å². The Bertz CT molecular complexity index is 1670. The van der Waals surface area contributed by atoms with Crippen molar-refractivity contribution >= 4 is 39.5 Å². The fraction of sp³-hybridized carbons (Fsp3) is 0.941. The first-order valence-corrected chi connectivity index (χ1v) is 38.8. The molecule has 5 atom stereocenters. The molecule has 0 fully saturated rings. The molecule has 0 aromatic rings. The standard InChI is InChI=1S/C68H132O17P2/c1-5-9-13-17-21-24-27-29-31-33-35-38-42-46-50-54-67(72)84-63(58-78-65(70)52-48-44-40-20-16-12-8-4)60-82-86(74,75)80-56-62(69)57-81-87(76,77)83-61-64(59-79-66(71)53-49-45-41-37-26-23-19-15-11-7-3)85-68(73)55-51-47-43-39-36-34-32-30-28-25-22-18-14-10-6-2/h62-64,69H,5-61H2,1-4H3,(H,74,75)(H,76,77)/t62-,63+,64+/m0/s1. The van der Waals surface area contributed by atoms with Crippen LogP contribution < -0.4 is 0 Å². The van der Waals surface area contributed by atoms with Crippen LogP contribution in [0, 0.1) is 0 Å². The van der Waals surface area contributed by atoms with Gasteiger partial charge in [-0.1, -0.05) is 304 Å². The maximum Gasteiger partial charge on any atom is 0.472 e. The van der Waals surface area contributed by atoms with E-state index in [0.29, 0.717) is 25.7 Å². The normalized spacial score (nSPS) is 14.1. The van der Waals surface area contributed by atoms with Crippen LogP contribution in [0.15, 0.2) is 0 Å².